The van der Waals surface area contributed by atoms with Crippen LogP contribution in [0.1, 0.15) is 31.1 Å². The molecule has 13 heavy (non-hydrogen) atoms. The third-order valence-electron chi connectivity index (χ3n) is 2.00. The highest BCUT2D eigenvalue weighted by molar-refractivity contribution is 5.30. The molecule has 0 aliphatic rings. The Morgan fingerprint density at radius 3 is 2.54 bits per heavy atom. The zero-order chi connectivity index (χ0) is 10.0. The second-order valence-electron chi connectivity index (χ2n) is 3.27. The SMILES string of the molecule is COc1c(CO)c(C)nn1C(C)C. The van der Waals surface area contributed by atoms with Crippen LogP contribution in [0.5, 0.6) is 5.88 Å². The van der Waals surface area contributed by atoms with Crippen LogP contribution in [0.4, 0.5) is 0 Å². The molecule has 0 unspecified atom stereocenters. The number of ether oxygens (including phenoxy) is 1. The summed E-state index contributed by atoms with van der Waals surface area (Å²) < 4.78 is 6.97. The average Bonchev–Trinajstić information content (AvgIpc) is 2.41. The van der Waals surface area contributed by atoms with Crippen LogP contribution in [0, 0.1) is 6.92 Å². The summed E-state index contributed by atoms with van der Waals surface area (Å²) in [6.07, 6.45) is 0. The van der Waals surface area contributed by atoms with Gasteiger partial charge in [0, 0.05) is 0 Å². The smallest absolute Gasteiger partial charge is 0.217 e. The first-order valence-corrected chi connectivity index (χ1v) is 4.34. The monoisotopic (exact) mass is 184 g/mol. The molecule has 0 amide bonds. The fourth-order valence-corrected chi connectivity index (χ4v) is 1.31. The van der Waals surface area contributed by atoms with Gasteiger partial charge in [-0.05, 0) is 20.8 Å². The van der Waals surface area contributed by atoms with Gasteiger partial charge in [0.1, 0.15) is 0 Å². The first-order valence-electron chi connectivity index (χ1n) is 4.34. The molecule has 74 valence electrons. The fraction of sp³-hybridized carbons (Fsp3) is 0.667. The van der Waals surface area contributed by atoms with Gasteiger partial charge in [-0.25, -0.2) is 4.68 Å². The van der Waals surface area contributed by atoms with E-state index < -0.39 is 0 Å². The molecule has 4 heteroatoms. The third kappa shape index (κ3) is 1.67. The predicted molar refractivity (Wildman–Crippen MR) is 49.8 cm³/mol. The summed E-state index contributed by atoms with van der Waals surface area (Å²) in [7, 11) is 1.59. The summed E-state index contributed by atoms with van der Waals surface area (Å²) in [5.41, 5.74) is 1.60. The molecular formula is C9H16N2O2. The maximum Gasteiger partial charge on any atom is 0.217 e. The highest BCUT2D eigenvalue weighted by Crippen LogP contribution is 2.24. The number of aromatic nitrogens is 2. The Balaban J connectivity index is 3.21. The minimum absolute atomic E-state index is 0.0261. The van der Waals surface area contributed by atoms with Gasteiger partial charge in [0.2, 0.25) is 5.88 Å². The Kier molecular flexibility index (Phi) is 2.93. The number of aryl methyl sites for hydroxylation is 1. The standard InChI is InChI=1S/C9H16N2O2/c1-6(2)11-9(13-4)8(5-12)7(3)10-11/h6,12H,5H2,1-4H3. The summed E-state index contributed by atoms with van der Waals surface area (Å²) in [4.78, 5) is 0. The largest absolute Gasteiger partial charge is 0.481 e. The van der Waals surface area contributed by atoms with E-state index in [1.807, 2.05) is 20.8 Å². The van der Waals surface area contributed by atoms with Gasteiger partial charge < -0.3 is 9.84 Å². The molecule has 1 heterocycles. The van der Waals surface area contributed by atoms with Crippen LogP contribution in [0.15, 0.2) is 0 Å². The van der Waals surface area contributed by atoms with Gasteiger partial charge >= 0.3 is 0 Å². The molecule has 4 nitrogen and oxygen atoms in total. The first kappa shape index (κ1) is 10.1. The van der Waals surface area contributed by atoms with Crippen LogP contribution in [-0.4, -0.2) is 22.0 Å². The maximum atomic E-state index is 9.09. The van der Waals surface area contributed by atoms with Crippen LogP contribution in [0.25, 0.3) is 0 Å². The molecule has 1 rings (SSSR count). The normalized spacial score (nSPS) is 10.9. The second kappa shape index (κ2) is 3.79. The minimum Gasteiger partial charge on any atom is -0.481 e. The van der Waals surface area contributed by atoms with Crippen molar-refractivity contribution in [2.75, 3.05) is 7.11 Å². The van der Waals surface area contributed by atoms with Crippen molar-refractivity contribution >= 4 is 0 Å². The van der Waals surface area contributed by atoms with Gasteiger partial charge in [-0.3, -0.25) is 0 Å². The van der Waals surface area contributed by atoms with Gasteiger partial charge in [-0.2, -0.15) is 5.10 Å². The van der Waals surface area contributed by atoms with E-state index in [0.717, 1.165) is 11.3 Å². The Labute approximate surface area is 78.1 Å². The number of aliphatic hydroxyl groups is 1. The molecule has 0 saturated carbocycles. The van der Waals surface area contributed by atoms with Crippen LogP contribution in [-0.2, 0) is 6.61 Å². The highest BCUT2D eigenvalue weighted by Gasteiger charge is 2.16. The number of rotatable bonds is 3. The van der Waals surface area contributed by atoms with Crippen molar-refractivity contribution < 1.29 is 9.84 Å². The molecule has 0 bridgehead atoms. The van der Waals surface area contributed by atoms with E-state index in [0.29, 0.717) is 5.88 Å². The molecule has 0 aromatic carbocycles. The number of nitrogens with zero attached hydrogens (tertiary/aromatic N) is 2. The zero-order valence-corrected chi connectivity index (χ0v) is 8.53. The van der Waals surface area contributed by atoms with Crippen LogP contribution in [0.3, 0.4) is 0 Å². The summed E-state index contributed by atoms with van der Waals surface area (Å²) in [5, 5.41) is 13.4. The van der Waals surface area contributed by atoms with E-state index in [1.165, 1.54) is 0 Å². The Bertz CT molecular complexity index is 292. The topological polar surface area (TPSA) is 47.3 Å². The van der Waals surface area contributed by atoms with Crippen LogP contribution < -0.4 is 4.74 Å². The molecule has 0 aliphatic heterocycles. The number of hydrogen-bond donors (Lipinski definition) is 1. The lowest BCUT2D eigenvalue weighted by atomic mass is 10.2. The van der Waals surface area contributed by atoms with Crippen LogP contribution in [0.2, 0.25) is 0 Å². The van der Waals surface area contributed by atoms with E-state index in [1.54, 1.807) is 11.8 Å². The van der Waals surface area contributed by atoms with Crippen molar-refractivity contribution in [3.8, 4) is 5.88 Å². The molecular weight excluding hydrogens is 168 g/mol. The van der Waals surface area contributed by atoms with E-state index in [9.17, 15) is 0 Å². The Morgan fingerprint density at radius 2 is 2.15 bits per heavy atom. The van der Waals surface area contributed by atoms with Gasteiger partial charge in [-0.15, -0.1) is 0 Å². The van der Waals surface area contributed by atoms with Crippen molar-refractivity contribution in [1.29, 1.82) is 0 Å². The summed E-state index contributed by atoms with van der Waals surface area (Å²) in [6.45, 7) is 5.89. The first-order chi connectivity index (χ1) is 6.11. The predicted octanol–water partition coefficient (Wildman–Crippen LogP) is 1.27. The molecule has 0 atom stereocenters. The van der Waals surface area contributed by atoms with Gasteiger partial charge in [0.15, 0.2) is 0 Å². The van der Waals surface area contributed by atoms with Gasteiger partial charge in [-0.1, -0.05) is 0 Å². The zero-order valence-electron chi connectivity index (χ0n) is 8.53. The average molecular weight is 184 g/mol. The lowest BCUT2D eigenvalue weighted by Gasteiger charge is -2.09. The second-order valence-corrected chi connectivity index (χ2v) is 3.27. The van der Waals surface area contributed by atoms with Gasteiger partial charge in [0.25, 0.3) is 0 Å². The van der Waals surface area contributed by atoms with Crippen molar-refractivity contribution in [3.05, 3.63) is 11.3 Å². The third-order valence-corrected chi connectivity index (χ3v) is 2.00. The molecule has 1 N–H and O–H groups in total. The Hall–Kier alpha value is -1.03. The van der Waals surface area contributed by atoms with Crippen molar-refractivity contribution in [2.24, 2.45) is 0 Å². The summed E-state index contributed by atoms with van der Waals surface area (Å²) in [6, 6.07) is 0.244. The lowest BCUT2D eigenvalue weighted by molar-refractivity contribution is 0.268. The molecule has 0 radical (unpaired) electrons. The number of methoxy groups -OCH3 is 1. The molecule has 0 fully saturated rings. The lowest BCUT2D eigenvalue weighted by Crippen LogP contribution is -2.05. The maximum absolute atomic E-state index is 9.09. The van der Waals surface area contributed by atoms with E-state index in [4.69, 9.17) is 9.84 Å². The Morgan fingerprint density at radius 1 is 1.54 bits per heavy atom. The van der Waals surface area contributed by atoms with E-state index in [-0.39, 0.29) is 12.6 Å². The minimum atomic E-state index is -0.0261. The van der Waals surface area contributed by atoms with Crippen molar-refractivity contribution in [3.63, 3.8) is 0 Å². The molecule has 1 aromatic rings. The quantitative estimate of drug-likeness (QED) is 0.769. The molecule has 0 saturated heterocycles. The molecule has 1 aromatic heterocycles. The fourth-order valence-electron chi connectivity index (χ4n) is 1.31. The molecule has 0 spiro atoms. The molecule has 0 aliphatic carbocycles. The van der Waals surface area contributed by atoms with Gasteiger partial charge in [0.05, 0.1) is 31.0 Å². The summed E-state index contributed by atoms with van der Waals surface area (Å²) >= 11 is 0. The van der Waals surface area contributed by atoms with Crippen molar-refractivity contribution in [2.45, 2.75) is 33.4 Å². The number of aliphatic hydroxyl groups excluding tert-OH is 1. The van der Waals surface area contributed by atoms with Crippen LogP contribution >= 0.6 is 0 Å². The van der Waals surface area contributed by atoms with E-state index in [2.05, 4.69) is 5.10 Å². The number of hydrogen-bond acceptors (Lipinski definition) is 3. The van der Waals surface area contributed by atoms with E-state index >= 15 is 0 Å². The highest BCUT2D eigenvalue weighted by atomic mass is 16.5. The summed E-state index contributed by atoms with van der Waals surface area (Å²) in [5.74, 6) is 0.662. The van der Waals surface area contributed by atoms with Crippen molar-refractivity contribution in [1.82, 2.24) is 9.78 Å².